The van der Waals surface area contributed by atoms with Crippen LogP contribution in [-0.2, 0) is 23.8 Å². The van der Waals surface area contributed by atoms with Gasteiger partial charge >= 0.3 is 11.9 Å². The third-order valence-corrected chi connectivity index (χ3v) is 10.4. The topological polar surface area (TPSA) is 61.8 Å². The maximum absolute atomic E-state index is 12.7. The molecule has 0 amide bonds. The number of allylic oxidation sites excluding steroid dienone is 8. The van der Waals surface area contributed by atoms with E-state index in [0.29, 0.717) is 25.9 Å². The molecule has 0 aliphatic heterocycles. The number of unbranched alkanes of at least 4 members (excludes halogenated alkanes) is 25. The lowest BCUT2D eigenvalue weighted by Gasteiger charge is -2.18. The van der Waals surface area contributed by atoms with E-state index in [-0.39, 0.29) is 25.2 Å². The van der Waals surface area contributed by atoms with Crippen LogP contribution < -0.4 is 0 Å². The molecule has 0 aromatic rings. The fourth-order valence-electron chi connectivity index (χ4n) is 6.82. The summed E-state index contributed by atoms with van der Waals surface area (Å²) in [6.07, 6.45) is 57.1. The molecule has 0 aromatic carbocycles. The van der Waals surface area contributed by atoms with Crippen molar-refractivity contribution in [1.82, 2.24) is 0 Å². The van der Waals surface area contributed by atoms with Crippen molar-refractivity contribution in [2.45, 2.75) is 245 Å². The summed E-state index contributed by atoms with van der Waals surface area (Å²) < 4.78 is 17.3. The Hall–Kier alpha value is -2.14. The molecule has 0 saturated carbocycles. The van der Waals surface area contributed by atoms with Gasteiger partial charge in [-0.25, -0.2) is 0 Å². The van der Waals surface area contributed by atoms with Crippen LogP contribution in [0.25, 0.3) is 0 Å². The van der Waals surface area contributed by atoms with Crippen LogP contribution in [0.3, 0.4) is 0 Å². The third-order valence-electron chi connectivity index (χ3n) is 10.4. The quantitative estimate of drug-likeness (QED) is 0.0350. The predicted molar refractivity (Wildman–Crippen MR) is 242 cm³/mol. The fourth-order valence-corrected chi connectivity index (χ4v) is 6.82. The van der Waals surface area contributed by atoms with Gasteiger partial charge in [-0.1, -0.05) is 230 Å². The Balaban J connectivity index is 4.22. The van der Waals surface area contributed by atoms with Gasteiger partial charge in [-0.2, -0.15) is 0 Å². The van der Waals surface area contributed by atoms with Crippen LogP contribution in [-0.4, -0.2) is 37.9 Å². The molecule has 0 fully saturated rings. The zero-order chi connectivity index (χ0) is 40.7. The first kappa shape index (κ1) is 53.9. The van der Waals surface area contributed by atoms with E-state index in [1.807, 2.05) is 6.08 Å². The largest absolute Gasteiger partial charge is 0.462 e. The lowest BCUT2D eigenvalue weighted by molar-refractivity contribution is -0.162. The summed E-state index contributed by atoms with van der Waals surface area (Å²) in [5.41, 5.74) is 0. The molecule has 0 heterocycles. The number of ether oxygens (including phenoxy) is 3. The number of hydrogen-bond donors (Lipinski definition) is 0. The Morgan fingerprint density at radius 3 is 1.25 bits per heavy atom. The molecular weight excluding hydrogens is 693 g/mol. The van der Waals surface area contributed by atoms with E-state index in [0.717, 1.165) is 51.4 Å². The molecule has 0 rings (SSSR count). The molecule has 326 valence electrons. The first-order valence-electron chi connectivity index (χ1n) is 24.2. The molecular formula is C51H92O5. The Bertz CT molecular complexity index is 935. The SMILES string of the molecule is CC/C=C\C/C=C\C/C=C\C/C=C\CCC(=O)OCC(COCCCCCCCCCCCCCCCCCCCC)OC(=O)CCCCCCCCCCC. The molecule has 5 heteroatoms. The van der Waals surface area contributed by atoms with Gasteiger partial charge in [-0.05, 0) is 44.9 Å². The Kier molecular flexibility index (Phi) is 45.4. The van der Waals surface area contributed by atoms with Crippen molar-refractivity contribution in [2.75, 3.05) is 19.8 Å². The Morgan fingerprint density at radius 2 is 0.804 bits per heavy atom. The van der Waals surface area contributed by atoms with Crippen LogP contribution >= 0.6 is 0 Å². The number of rotatable bonds is 44. The first-order chi connectivity index (χ1) is 27.6. The van der Waals surface area contributed by atoms with E-state index in [4.69, 9.17) is 14.2 Å². The zero-order valence-electron chi connectivity index (χ0n) is 37.4. The maximum atomic E-state index is 12.7. The monoisotopic (exact) mass is 785 g/mol. The summed E-state index contributed by atoms with van der Waals surface area (Å²) in [7, 11) is 0. The number of carbonyl (C=O) groups excluding carboxylic acids is 2. The molecule has 0 aliphatic carbocycles. The highest BCUT2D eigenvalue weighted by atomic mass is 16.6. The maximum Gasteiger partial charge on any atom is 0.306 e. The Labute approximate surface area is 348 Å². The minimum atomic E-state index is -0.557. The van der Waals surface area contributed by atoms with Crippen molar-refractivity contribution in [1.29, 1.82) is 0 Å². The van der Waals surface area contributed by atoms with E-state index < -0.39 is 6.10 Å². The molecule has 1 atom stereocenters. The highest BCUT2D eigenvalue weighted by molar-refractivity contribution is 5.70. The van der Waals surface area contributed by atoms with Gasteiger partial charge in [0.2, 0.25) is 0 Å². The van der Waals surface area contributed by atoms with Crippen molar-refractivity contribution in [3.8, 4) is 0 Å². The van der Waals surface area contributed by atoms with Crippen LogP contribution in [0, 0.1) is 0 Å². The van der Waals surface area contributed by atoms with Gasteiger partial charge in [0.15, 0.2) is 6.10 Å². The summed E-state index contributed by atoms with van der Waals surface area (Å²) in [6.45, 7) is 7.65. The first-order valence-corrected chi connectivity index (χ1v) is 24.2. The second kappa shape index (κ2) is 47.2. The van der Waals surface area contributed by atoms with Crippen molar-refractivity contribution in [3.05, 3.63) is 48.6 Å². The van der Waals surface area contributed by atoms with Gasteiger partial charge in [0.1, 0.15) is 6.61 Å². The zero-order valence-corrected chi connectivity index (χ0v) is 37.4. The molecule has 0 N–H and O–H groups in total. The average molecular weight is 785 g/mol. The lowest BCUT2D eigenvalue weighted by Crippen LogP contribution is -2.30. The van der Waals surface area contributed by atoms with Crippen molar-refractivity contribution < 1.29 is 23.8 Å². The molecule has 0 aromatic heterocycles. The minimum Gasteiger partial charge on any atom is -0.462 e. The van der Waals surface area contributed by atoms with Crippen LogP contribution in [0.5, 0.6) is 0 Å². The number of esters is 2. The van der Waals surface area contributed by atoms with Crippen LogP contribution in [0.1, 0.15) is 239 Å². The second-order valence-electron chi connectivity index (χ2n) is 16.0. The molecule has 1 unspecified atom stereocenters. The van der Waals surface area contributed by atoms with Crippen LogP contribution in [0.15, 0.2) is 48.6 Å². The smallest absolute Gasteiger partial charge is 0.306 e. The molecule has 0 radical (unpaired) electrons. The van der Waals surface area contributed by atoms with Crippen molar-refractivity contribution in [3.63, 3.8) is 0 Å². The molecule has 5 nitrogen and oxygen atoms in total. The van der Waals surface area contributed by atoms with Crippen molar-refractivity contribution >= 4 is 11.9 Å². The normalized spacial score (nSPS) is 12.6. The van der Waals surface area contributed by atoms with Gasteiger partial charge < -0.3 is 14.2 Å². The molecule has 0 saturated heterocycles. The van der Waals surface area contributed by atoms with E-state index in [1.54, 1.807) is 0 Å². The highest BCUT2D eigenvalue weighted by Gasteiger charge is 2.17. The Morgan fingerprint density at radius 1 is 0.411 bits per heavy atom. The highest BCUT2D eigenvalue weighted by Crippen LogP contribution is 2.15. The summed E-state index contributed by atoms with van der Waals surface area (Å²) >= 11 is 0. The van der Waals surface area contributed by atoms with Gasteiger partial charge in [0.25, 0.3) is 0 Å². The predicted octanol–water partition coefficient (Wildman–Crippen LogP) is 16.0. The van der Waals surface area contributed by atoms with Crippen LogP contribution in [0.4, 0.5) is 0 Å². The number of carbonyl (C=O) groups is 2. The molecule has 0 aliphatic rings. The fraction of sp³-hybridized carbons (Fsp3) is 0.804. The van der Waals surface area contributed by atoms with Crippen molar-refractivity contribution in [2.24, 2.45) is 0 Å². The third kappa shape index (κ3) is 44.6. The summed E-state index contributed by atoms with van der Waals surface area (Å²) in [4.78, 5) is 25.2. The van der Waals surface area contributed by atoms with Gasteiger partial charge in [-0.15, -0.1) is 0 Å². The van der Waals surface area contributed by atoms with Gasteiger partial charge in [0, 0.05) is 19.4 Å². The molecule has 56 heavy (non-hydrogen) atoms. The summed E-state index contributed by atoms with van der Waals surface area (Å²) in [5.74, 6) is -0.485. The minimum absolute atomic E-state index is 0.0513. The molecule has 0 spiro atoms. The standard InChI is InChI=1S/C51H92O5/c1-4-7-10-13-16-19-21-23-24-25-26-27-29-31-34-37-40-43-46-54-47-49(56-51(53)45-42-39-36-32-18-15-12-9-6-3)48-55-50(52)44-41-38-35-33-30-28-22-20-17-14-11-8-5-2/h8,11,17,20,28,30,35,38,49H,4-7,9-10,12-16,18-19,21-27,29,31-34,36-37,39-48H2,1-3H3/b11-8-,20-17-,30-28-,38-35-. The van der Waals surface area contributed by atoms with Gasteiger partial charge in [0.05, 0.1) is 6.61 Å². The second-order valence-corrected chi connectivity index (χ2v) is 16.0. The van der Waals surface area contributed by atoms with E-state index in [2.05, 4.69) is 63.3 Å². The molecule has 0 bridgehead atoms. The number of hydrogen-bond acceptors (Lipinski definition) is 5. The van der Waals surface area contributed by atoms with E-state index in [9.17, 15) is 9.59 Å². The van der Waals surface area contributed by atoms with E-state index >= 15 is 0 Å². The van der Waals surface area contributed by atoms with E-state index in [1.165, 1.54) is 148 Å². The van der Waals surface area contributed by atoms with Crippen LogP contribution in [0.2, 0.25) is 0 Å². The lowest BCUT2D eigenvalue weighted by atomic mass is 10.0. The van der Waals surface area contributed by atoms with Gasteiger partial charge in [-0.3, -0.25) is 9.59 Å². The summed E-state index contributed by atoms with van der Waals surface area (Å²) in [6, 6.07) is 0. The average Bonchev–Trinajstić information content (AvgIpc) is 3.20. The summed E-state index contributed by atoms with van der Waals surface area (Å²) in [5, 5.41) is 0.